The molecule has 0 saturated carbocycles. The van der Waals surface area contributed by atoms with E-state index in [-0.39, 0.29) is 12.5 Å². The maximum atomic E-state index is 12.3. The highest BCUT2D eigenvalue weighted by atomic mass is 35.5. The summed E-state index contributed by atoms with van der Waals surface area (Å²) in [6.45, 7) is 4.55. The van der Waals surface area contributed by atoms with Crippen LogP contribution in [0.15, 0.2) is 36.4 Å². The molecule has 1 heterocycles. The van der Waals surface area contributed by atoms with E-state index < -0.39 is 0 Å². The first-order valence-electron chi connectivity index (χ1n) is 9.22. The number of carbonyl (C=O) groups is 1. The highest BCUT2D eigenvalue weighted by Gasteiger charge is 2.17. The predicted octanol–water partition coefficient (Wildman–Crippen LogP) is 3.68. The Balaban J connectivity index is 1.63. The lowest BCUT2D eigenvalue weighted by atomic mass is 10.1. The molecule has 1 saturated heterocycles. The van der Waals surface area contributed by atoms with Gasteiger partial charge in [-0.15, -0.1) is 0 Å². The summed E-state index contributed by atoms with van der Waals surface area (Å²) in [7, 11) is 1.55. The molecule has 154 valence electrons. The second-order valence-electron chi connectivity index (χ2n) is 6.52. The summed E-state index contributed by atoms with van der Waals surface area (Å²) in [5.41, 5.74) is 2.33. The van der Waals surface area contributed by atoms with E-state index in [9.17, 15) is 4.79 Å². The zero-order chi connectivity index (χ0) is 20.8. The number of hydrogen-bond acceptors (Lipinski definition) is 5. The molecule has 3 rings (SSSR count). The Hall–Kier alpha value is -2.35. The number of hydrogen-bond donors (Lipinski definition) is 1. The van der Waals surface area contributed by atoms with Gasteiger partial charge in [0.15, 0.2) is 18.1 Å². The molecule has 0 aromatic heterocycles. The van der Waals surface area contributed by atoms with Crippen molar-refractivity contribution < 1.29 is 19.0 Å². The average Bonchev–Trinajstić information content (AvgIpc) is 2.75. The SMILES string of the molecule is COc1cc(C(=S)N2CCOCC2)ccc1OCC(=O)Nc1cccc(Cl)c1C. The van der Waals surface area contributed by atoms with Crippen LogP contribution in [-0.4, -0.2) is 55.8 Å². The monoisotopic (exact) mass is 434 g/mol. The number of ether oxygens (including phenoxy) is 3. The molecule has 1 amide bonds. The number of morpholine rings is 1. The number of rotatable bonds is 6. The number of halogens is 1. The van der Waals surface area contributed by atoms with Crippen molar-refractivity contribution in [1.82, 2.24) is 4.90 Å². The Morgan fingerprint density at radius 3 is 2.72 bits per heavy atom. The van der Waals surface area contributed by atoms with Crippen molar-refractivity contribution in [2.75, 3.05) is 45.3 Å². The molecule has 2 aromatic carbocycles. The van der Waals surface area contributed by atoms with E-state index in [0.717, 1.165) is 29.2 Å². The maximum Gasteiger partial charge on any atom is 0.262 e. The van der Waals surface area contributed by atoms with Gasteiger partial charge in [-0.05, 0) is 42.8 Å². The summed E-state index contributed by atoms with van der Waals surface area (Å²) in [5, 5.41) is 3.40. The van der Waals surface area contributed by atoms with Gasteiger partial charge in [0, 0.05) is 29.4 Å². The molecule has 0 unspecified atom stereocenters. The number of methoxy groups -OCH3 is 1. The number of carbonyl (C=O) groups excluding carboxylic acids is 1. The van der Waals surface area contributed by atoms with Crippen LogP contribution in [-0.2, 0) is 9.53 Å². The standard InChI is InChI=1S/C21H23ClN2O4S/c1-14-16(22)4-3-5-17(14)23-20(25)13-28-18-7-6-15(12-19(18)26-2)21(29)24-8-10-27-11-9-24/h3-7,12H,8-11,13H2,1-2H3,(H,23,25). The number of anilines is 1. The topological polar surface area (TPSA) is 60.0 Å². The highest BCUT2D eigenvalue weighted by Crippen LogP contribution is 2.29. The molecule has 1 aliphatic heterocycles. The van der Waals surface area contributed by atoms with Crippen LogP contribution in [0.4, 0.5) is 5.69 Å². The molecular formula is C21H23ClN2O4S. The Labute approximate surface area is 180 Å². The van der Waals surface area contributed by atoms with Crippen LogP contribution < -0.4 is 14.8 Å². The van der Waals surface area contributed by atoms with Crippen molar-refractivity contribution in [3.63, 3.8) is 0 Å². The van der Waals surface area contributed by atoms with Gasteiger partial charge in [0.05, 0.1) is 20.3 Å². The summed E-state index contributed by atoms with van der Waals surface area (Å²) < 4.78 is 16.5. The van der Waals surface area contributed by atoms with Gasteiger partial charge in [0.25, 0.3) is 5.91 Å². The molecule has 0 bridgehead atoms. The summed E-state index contributed by atoms with van der Waals surface area (Å²) in [5.74, 6) is 0.703. The fourth-order valence-corrected chi connectivity index (χ4v) is 3.43. The largest absolute Gasteiger partial charge is 0.493 e. The van der Waals surface area contributed by atoms with Gasteiger partial charge < -0.3 is 24.4 Å². The molecule has 1 N–H and O–H groups in total. The van der Waals surface area contributed by atoms with Gasteiger partial charge in [-0.3, -0.25) is 4.79 Å². The fraction of sp³-hybridized carbons (Fsp3) is 0.333. The minimum absolute atomic E-state index is 0.157. The molecular weight excluding hydrogens is 412 g/mol. The summed E-state index contributed by atoms with van der Waals surface area (Å²) in [6, 6.07) is 10.8. The second-order valence-corrected chi connectivity index (χ2v) is 7.31. The van der Waals surface area contributed by atoms with E-state index in [1.807, 2.05) is 19.1 Å². The van der Waals surface area contributed by atoms with Gasteiger partial charge in [0.2, 0.25) is 0 Å². The zero-order valence-electron chi connectivity index (χ0n) is 16.4. The Bertz CT molecular complexity index is 900. The molecule has 0 radical (unpaired) electrons. The molecule has 1 aliphatic rings. The second kappa shape index (κ2) is 9.91. The van der Waals surface area contributed by atoms with Crippen LogP contribution in [0, 0.1) is 6.92 Å². The van der Waals surface area contributed by atoms with Gasteiger partial charge in [0.1, 0.15) is 4.99 Å². The van der Waals surface area contributed by atoms with Gasteiger partial charge >= 0.3 is 0 Å². The third-order valence-corrected chi connectivity index (χ3v) is 5.51. The fourth-order valence-electron chi connectivity index (χ4n) is 2.94. The maximum absolute atomic E-state index is 12.3. The van der Waals surface area contributed by atoms with E-state index in [4.69, 9.17) is 38.0 Å². The number of nitrogens with one attached hydrogen (secondary N) is 1. The molecule has 0 aliphatic carbocycles. The Morgan fingerprint density at radius 1 is 1.24 bits per heavy atom. The molecule has 0 atom stereocenters. The molecule has 8 heteroatoms. The van der Waals surface area contributed by atoms with Crippen molar-refractivity contribution in [2.45, 2.75) is 6.92 Å². The number of benzene rings is 2. The number of amides is 1. The van der Waals surface area contributed by atoms with Crippen LogP contribution in [0.1, 0.15) is 11.1 Å². The zero-order valence-corrected chi connectivity index (χ0v) is 17.9. The van der Waals surface area contributed by atoms with E-state index in [1.165, 1.54) is 0 Å². The molecule has 6 nitrogen and oxygen atoms in total. The highest BCUT2D eigenvalue weighted by molar-refractivity contribution is 7.80. The molecule has 29 heavy (non-hydrogen) atoms. The van der Waals surface area contributed by atoms with Crippen LogP contribution in [0.3, 0.4) is 0 Å². The Morgan fingerprint density at radius 2 is 2.00 bits per heavy atom. The number of nitrogens with zero attached hydrogens (tertiary/aromatic N) is 1. The van der Waals surface area contributed by atoms with Crippen molar-refractivity contribution in [2.24, 2.45) is 0 Å². The third kappa shape index (κ3) is 5.38. The number of thiocarbonyl (C=S) groups is 1. The molecule has 1 fully saturated rings. The summed E-state index contributed by atoms with van der Waals surface area (Å²) >= 11 is 11.7. The predicted molar refractivity (Wildman–Crippen MR) is 117 cm³/mol. The van der Waals surface area contributed by atoms with E-state index in [0.29, 0.717) is 35.4 Å². The van der Waals surface area contributed by atoms with Crippen LogP contribution in [0.2, 0.25) is 5.02 Å². The van der Waals surface area contributed by atoms with Crippen LogP contribution >= 0.6 is 23.8 Å². The van der Waals surface area contributed by atoms with E-state index in [1.54, 1.807) is 31.4 Å². The normalized spacial score (nSPS) is 13.7. The van der Waals surface area contributed by atoms with Gasteiger partial charge in [-0.2, -0.15) is 0 Å². The lowest BCUT2D eigenvalue weighted by molar-refractivity contribution is -0.118. The summed E-state index contributed by atoms with van der Waals surface area (Å²) in [6.07, 6.45) is 0. The first-order chi connectivity index (χ1) is 14.0. The van der Waals surface area contributed by atoms with Crippen molar-refractivity contribution in [3.8, 4) is 11.5 Å². The third-order valence-electron chi connectivity index (χ3n) is 4.61. The van der Waals surface area contributed by atoms with Crippen molar-refractivity contribution in [3.05, 3.63) is 52.5 Å². The first-order valence-corrected chi connectivity index (χ1v) is 10.0. The Kier molecular flexibility index (Phi) is 7.30. The smallest absolute Gasteiger partial charge is 0.262 e. The van der Waals surface area contributed by atoms with Crippen LogP contribution in [0.5, 0.6) is 11.5 Å². The van der Waals surface area contributed by atoms with E-state index >= 15 is 0 Å². The minimum atomic E-state index is -0.287. The lowest BCUT2D eigenvalue weighted by Crippen LogP contribution is -2.40. The van der Waals surface area contributed by atoms with Crippen molar-refractivity contribution >= 4 is 40.4 Å². The van der Waals surface area contributed by atoms with E-state index in [2.05, 4.69) is 10.2 Å². The lowest BCUT2D eigenvalue weighted by Gasteiger charge is -2.29. The van der Waals surface area contributed by atoms with Gasteiger partial charge in [-0.25, -0.2) is 0 Å². The van der Waals surface area contributed by atoms with Crippen LogP contribution in [0.25, 0.3) is 0 Å². The molecule has 2 aromatic rings. The summed E-state index contributed by atoms with van der Waals surface area (Å²) in [4.78, 5) is 15.1. The minimum Gasteiger partial charge on any atom is -0.493 e. The van der Waals surface area contributed by atoms with Crippen molar-refractivity contribution in [1.29, 1.82) is 0 Å². The molecule has 0 spiro atoms. The quantitative estimate of drug-likeness (QED) is 0.700. The van der Waals surface area contributed by atoms with Gasteiger partial charge in [-0.1, -0.05) is 29.9 Å². The average molecular weight is 435 g/mol. The first kappa shape index (κ1) is 21.4.